The highest BCUT2D eigenvalue weighted by atomic mass is 32.1. The smallest absolute Gasteiger partial charge is 0.229 e. The van der Waals surface area contributed by atoms with Gasteiger partial charge in [0.1, 0.15) is 5.01 Å². The van der Waals surface area contributed by atoms with Crippen molar-refractivity contribution in [3.63, 3.8) is 0 Å². The summed E-state index contributed by atoms with van der Waals surface area (Å²) in [6.45, 7) is 2.13. The Morgan fingerprint density at radius 2 is 1.88 bits per heavy atom. The molecule has 0 saturated carbocycles. The van der Waals surface area contributed by atoms with Gasteiger partial charge in [-0.3, -0.25) is 9.59 Å². The standard InChI is InChI=1S/C25H28N4O2S/c1-28(2)13-6-14-29-16-20(15-23(29)30)24(31)26-21-11-9-18(10-12-21)22-17-32-25(27-22)19-7-4-3-5-8-19/h3-5,7-12,17,20H,6,13-16H2,1-2H3,(H,26,31). The van der Waals surface area contributed by atoms with Crippen molar-refractivity contribution in [1.82, 2.24) is 14.8 Å². The van der Waals surface area contributed by atoms with E-state index < -0.39 is 0 Å². The first-order chi connectivity index (χ1) is 15.5. The van der Waals surface area contributed by atoms with E-state index in [2.05, 4.69) is 22.3 Å². The van der Waals surface area contributed by atoms with Crippen LogP contribution in [0.15, 0.2) is 60.0 Å². The lowest BCUT2D eigenvalue weighted by Gasteiger charge is -2.18. The fraction of sp³-hybridized carbons (Fsp3) is 0.320. The van der Waals surface area contributed by atoms with Gasteiger partial charge in [0.25, 0.3) is 0 Å². The molecule has 1 aromatic heterocycles. The van der Waals surface area contributed by atoms with Crippen molar-refractivity contribution in [1.29, 1.82) is 0 Å². The molecule has 1 saturated heterocycles. The summed E-state index contributed by atoms with van der Waals surface area (Å²) in [6, 6.07) is 17.8. The highest BCUT2D eigenvalue weighted by Crippen LogP contribution is 2.29. The van der Waals surface area contributed by atoms with E-state index in [0.717, 1.165) is 40.5 Å². The molecule has 0 radical (unpaired) electrons. The molecule has 1 aliphatic rings. The second kappa shape index (κ2) is 10.1. The molecule has 3 aromatic rings. The molecule has 0 bridgehead atoms. The summed E-state index contributed by atoms with van der Waals surface area (Å²) in [5.74, 6) is -0.327. The number of benzene rings is 2. The number of nitrogens with one attached hydrogen (secondary N) is 1. The molecule has 2 amide bonds. The first kappa shape index (κ1) is 22.2. The maximum Gasteiger partial charge on any atom is 0.229 e. The number of amides is 2. The molecule has 6 nitrogen and oxygen atoms in total. The molecule has 7 heteroatoms. The van der Waals surface area contributed by atoms with Gasteiger partial charge in [0.05, 0.1) is 11.6 Å². The van der Waals surface area contributed by atoms with E-state index in [1.807, 2.05) is 66.8 Å². The average molecular weight is 449 g/mol. The van der Waals surface area contributed by atoms with Gasteiger partial charge in [-0.05, 0) is 39.2 Å². The van der Waals surface area contributed by atoms with Crippen molar-refractivity contribution in [3.8, 4) is 21.8 Å². The van der Waals surface area contributed by atoms with Gasteiger partial charge in [0.15, 0.2) is 0 Å². The van der Waals surface area contributed by atoms with Crippen LogP contribution in [-0.4, -0.2) is 60.3 Å². The minimum Gasteiger partial charge on any atom is -0.342 e. The summed E-state index contributed by atoms with van der Waals surface area (Å²) in [6.07, 6.45) is 1.20. The number of thiazole rings is 1. The molecule has 4 rings (SSSR count). The number of rotatable bonds is 8. The Morgan fingerprint density at radius 1 is 1.12 bits per heavy atom. The zero-order valence-electron chi connectivity index (χ0n) is 18.5. The lowest BCUT2D eigenvalue weighted by Crippen LogP contribution is -2.30. The summed E-state index contributed by atoms with van der Waals surface area (Å²) in [7, 11) is 4.04. The van der Waals surface area contributed by atoms with Crippen molar-refractivity contribution >= 4 is 28.8 Å². The van der Waals surface area contributed by atoms with Crippen LogP contribution >= 0.6 is 11.3 Å². The Morgan fingerprint density at radius 3 is 2.59 bits per heavy atom. The third-order valence-corrected chi connectivity index (χ3v) is 6.48. The molecule has 0 aliphatic carbocycles. The van der Waals surface area contributed by atoms with Crippen LogP contribution in [0.1, 0.15) is 12.8 Å². The Hall–Kier alpha value is -3.03. The number of anilines is 1. The fourth-order valence-corrected chi connectivity index (χ4v) is 4.67. The summed E-state index contributed by atoms with van der Waals surface area (Å²) >= 11 is 1.62. The molecule has 2 aromatic carbocycles. The van der Waals surface area contributed by atoms with Crippen LogP contribution in [0.2, 0.25) is 0 Å². The largest absolute Gasteiger partial charge is 0.342 e. The number of nitrogens with zero attached hydrogens (tertiary/aromatic N) is 3. The summed E-state index contributed by atoms with van der Waals surface area (Å²) in [4.78, 5) is 33.6. The maximum absolute atomic E-state index is 12.7. The Bertz CT molecular complexity index is 1060. The zero-order chi connectivity index (χ0) is 22.5. The van der Waals surface area contributed by atoms with E-state index in [1.54, 1.807) is 11.3 Å². The highest BCUT2D eigenvalue weighted by molar-refractivity contribution is 7.13. The van der Waals surface area contributed by atoms with Gasteiger partial charge in [0, 0.05) is 41.7 Å². The number of aromatic nitrogens is 1. The Balaban J connectivity index is 1.33. The van der Waals surface area contributed by atoms with Crippen LogP contribution < -0.4 is 5.32 Å². The molecule has 1 N–H and O–H groups in total. The maximum atomic E-state index is 12.7. The molecule has 1 fully saturated rings. The van der Waals surface area contributed by atoms with Gasteiger partial charge in [0.2, 0.25) is 11.8 Å². The van der Waals surface area contributed by atoms with Crippen LogP contribution in [0.5, 0.6) is 0 Å². The second-order valence-corrected chi connectivity index (χ2v) is 9.23. The van der Waals surface area contributed by atoms with Crippen LogP contribution in [0.3, 0.4) is 0 Å². The van der Waals surface area contributed by atoms with Crippen LogP contribution in [0.4, 0.5) is 5.69 Å². The molecule has 0 spiro atoms. The van der Waals surface area contributed by atoms with E-state index in [4.69, 9.17) is 4.98 Å². The number of hydrogen-bond donors (Lipinski definition) is 1. The predicted octanol–water partition coefficient (Wildman–Crippen LogP) is 4.22. The second-order valence-electron chi connectivity index (χ2n) is 8.37. The van der Waals surface area contributed by atoms with E-state index >= 15 is 0 Å². The third kappa shape index (κ3) is 5.41. The van der Waals surface area contributed by atoms with Crippen LogP contribution in [-0.2, 0) is 9.59 Å². The van der Waals surface area contributed by atoms with Crippen molar-refractivity contribution < 1.29 is 9.59 Å². The topological polar surface area (TPSA) is 65.5 Å². The molecular weight excluding hydrogens is 420 g/mol. The summed E-state index contributed by atoms with van der Waals surface area (Å²) in [5, 5.41) is 6.00. The van der Waals surface area contributed by atoms with Gasteiger partial charge >= 0.3 is 0 Å². The molecule has 2 heterocycles. The number of hydrogen-bond acceptors (Lipinski definition) is 5. The average Bonchev–Trinajstić information content (AvgIpc) is 3.42. The highest BCUT2D eigenvalue weighted by Gasteiger charge is 2.33. The first-order valence-electron chi connectivity index (χ1n) is 10.8. The van der Waals surface area contributed by atoms with Crippen molar-refractivity contribution in [2.24, 2.45) is 5.92 Å². The van der Waals surface area contributed by atoms with Crippen LogP contribution in [0, 0.1) is 5.92 Å². The minimum absolute atomic E-state index is 0.0667. The van der Waals surface area contributed by atoms with E-state index in [1.165, 1.54) is 0 Å². The number of carbonyl (C=O) groups excluding carboxylic acids is 2. The SMILES string of the molecule is CN(C)CCCN1CC(C(=O)Nc2ccc(-c3csc(-c4ccccc4)n3)cc2)CC1=O. The number of likely N-dealkylation sites (tertiary alicyclic amines) is 1. The zero-order valence-corrected chi connectivity index (χ0v) is 19.3. The van der Waals surface area contributed by atoms with E-state index in [0.29, 0.717) is 13.1 Å². The minimum atomic E-state index is -0.298. The van der Waals surface area contributed by atoms with Gasteiger partial charge < -0.3 is 15.1 Å². The van der Waals surface area contributed by atoms with E-state index in [9.17, 15) is 9.59 Å². The lowest BCUT2D eigenvalue weighted by molar-refractivity contribution is -0.128. The van der Waals surface area contributed by atoms with Crippen molar-refractivity contribution in [2.45, 2.75) is 12.8 Å². The summed E-state index contributed by atoms with van der Waals surface area (Å²) < 4.78 is 0. The van der Waals surface area contributed by atoms with E-state index in [-0.39, 0.29) is 24.2 Å². The fourth-order valence-electron chi connectivity index (χ4n) is 3.83. The van der Waals surface area contributed by atoms with Crippen molar-refractivity contribution in [3.05, 3.63) is 60.0 Å². The molecule has 1 unspecified atom stereocenters. The van der Waals surface area contributed by atoms with Crippen LogP contribution in [0.25, 0.3) is 21.8 Å². The Kier molecular flexibility index (Phi) is 6.97. The molecule has 32 heavy (non-hydrogen) atoms. The van der Waals surface area contributed by atoms with Gasteiger partial charge in [-0.1, -0.05) is 42.5 Å². The quantitative estimate of drug-likeness (QED) is 0.561. The monoisotopic (exact) mass is 448 g/mol. The first-order valence-corrected chi connectivity index (χ1v) is 11.7. The van der Waals surface area contributed by atoms with Gasteiger partial charge in [-0.15, -0.1) is 11.3 Å². The lowest BCUT2D eigenvalue weighted by atomic mass is 10.1. The van der Waals surface area contributed by atoms with Gasteiger partial charge in [-0.25, -0.2) is 4.98 Å². The Labute approximate surface area is 192 Å². The third-order valence-electron chi connectivity index (χ3n) is 5.59. The number of carbonyl (C=O) groups is 2. The normalized spacial score (nSPS) is 16.0. The molecule has 1 aliphatic heterocycles. The molecule has 166 valence electrons. The summed E-state index contributed by atoms with van der Waals surface area (Å²) in [5.41, 5.74) is 3.76. The molecule has 1 atom stereocenters. The molecular formula is C25H28N4O2S. The predicted molar refractivity (Wildman–Crippen MR) is 129 cm³/mol. The van der Waals surface area contributed by atoms with Gasteiger partial charge in [-0.2, -0.15) is 0 Å². The van der Waals surface area contributed by atoms with Crippen molar-refractivity contribution in [2.75, 3.05) is 39.0 Å².